The molecular formula is C109H128ClFN6O24. The summed E-state index contributed by atoms with van der Waals surface area (Å²) in [5.74, 6) is 2.53. The average Bonchev–Trinajstić information content (AvgIpc) is 1.66. The van der Waals surface area contributed by atoms with Crippen molar-refractivity contribution in [2.45, 2.75) is 259 Å². The van der Waals surface area contributed by atoms with Gasteiger partial charge in [0.25, 0.3) is 0 Å². The molecule has 6 heterocycles. The van der Waals surface area contributed by atoms with E-state index < -0.39 is 89.6 Å². The van der Waals surface area contributed by atoms with Gasteiger partial charge in [-0.25, -0.2) is 33.2 Å². The van der Waals surface area contributed by atoms with Gasteiger partial charge in [0.15, 0.2) is 37.7 Å². The number of fused-ring (bicyclic) bond motifs is 6. The lowest BCUT2D eigenvalue weighted by molar-refractivity contribution is 0.0533. The van der Waals surface area contributed by atoms with Crippen molar-refractivity contribution in [3.8, 4) is 34.5 Å². The minimum absolute atomic E-state index is 0.0111. The van der Waals surface area contributed by atoms with Crippen molar-refractivity contribution in [3.05, 3.63) is 212 Å². The Balaban J connectivity index is 0.000000194. The monoisotopic (exact) mass is 1960 g/mol. The summed E-state index contributed by atoms with van der Waals surface area (Å²) < 4.78 is 117. The van der Waals surface area contributed by atoms with Crippen molar-refractivity contribution >= 4 is 151 Å². The number of carbonyl (C=O) groups excluding carboxylic acids is 12. The molecule has 0 aliphatic heterocycles. The first-order chi connectivity index (χ1) is 67.2. The zero-order valence-electron chi connectivity index (χ0n) is 89.0. The number of alkyl halides is 1. The predicted molar refractivity (Wildman–Crippen MR) is 541 cm³/mol. The molecule has 32 heteroatoms. The fraction of sp³-hybridized carbons (Fsp3) is 0.394. The standard InChI is InChI=1S/C22H23NO4.C19H23NO4.C18H23NO4.C17H20FNO4.C17H21NO4.C16H18ClNO4/c1-15-12-19(26-14-16-8-6-5-7-9-16)18(13-24)17-10-11-23(20(15)17)21(25)27-22(2,3)4;1-12-9-16(23-11-13-5-6-13)15(10-21)14-7-8-20(17(12)14)18(22)24-19(2,3)4;1-11(2)22-15-9-12(3)16-13(14(15)10-20)7-8-19(16)17(21)23-18(4,5)6;1-10-8-14(22-11(2)18)13(9-20)12-6-7-19(15(10)12)16(21)23-17(3,4)5;1-6-21-14-9-11(2)15-12(13(14)10-19)7-8-18(15)16(20)22-17(3,4)5;1-5-21-13-8-12(17)14-10(11(13)9-19)6-7-18(14)15(20)22-16(2,3)4/h5-13H,14H2,1-4H3;7-10,13H,5-6,11H2,1-4H3;7-11H,1-6H3;6-9,11H,1-5H3;7-10H,6H2,1-5H3;6-9H,5H2,1-4H3/i;;;;6D2;5D2. The Bertz CT molecular complexity index is 6770. The van der Waals surface area contributed by atoms with Crippen LogP contribution in [0.1, 0.15) is 273 Å². The van der Waals surface area contributed by atoms with Crippen LogP contribution in [0.15, 0.2) is 140 Å². The predicted octanol–water partition coefficient (Wildman–Crippen LogP) is 26.3. The molecule has 1 saturated carbocycles. The lowest BCUT2D eigenvalue weighted by Crippen LogP contribution is -2.26. The molecule has 0 radical (unpaired) electrons. The summed E-state index contributed by atoms with van der Waals surface area (Å²) in [4.78, 5) is 144. The van der Waals surface area contributed by atoms with Gasteiger partial charge in [0.1, 0.15) is 74.7 Å². The number of carbonyl (C=O) groups is 12. The third kappa shape index (κ3) is 28.3. The maximum Gasteiger partial charge on any atom is 0.419 e. The van der Waals surface area contributed by atoms with Gasteiger partial charge >= 0.3 is 36.6 Å². The fourth-order valence-corrected chi connectivity index (χ4v) is 15.2. The lowest BCUT2D eigenvalue weighted by Gasteiger charge is -2.20. The van der Waals surface area contributed by atoms with Crippen molar-refractivity contribution in [2.75, 3.05) is 19.7 Å². The Labute approximate surface area is 830 Å². The zero-order valence-corrected chi connectivity index (χ0v) is 85.8. The summed E-state index contributed by atoms with van der Waals surface area (Å²) >= 11 is 6.23. The Morgan fingerprint density at radius 1 is 0.355 bits per heavy atom. The number of hydrogen-bond donors (Lipinski definition) is 0. The highest BCUT2D eigenvalue weighted by Gasteiger charge is 2.32. The SMILES string of the molecule is Cc1cc(OC(C)C)c(C=O)c2ccn(C(=O)OC(C)(C)C)c12.Cc1cc(OC(C)F)c(C=O)c2ccn(C(=O)OC(C)(C)C)c12.Cc1cc(OCC2CC2)c(C=O)c2ccn(C(=O)OC(C)(C)C)c12.Cc1cc(OCc2ccccc2)c(C=O)c2ccn(C(=O)OC(C)(C)C)c12.[2H]C([2H])(C)Oc1cc(C)c2c(ccn2C(=O)OC(C)(C)C)c1C=O.[2H]C([2H])(C)Oc1cc(Cl)c2c(ccn2C(=O)OC(C)(C)C)c1C=O. The maximum absolute atomic E-state index is 13.1. The second kappa shape index (κ2) is 45.7. The molecule has 0 spiro atoms. The number of aldehydes is 6. The second-order valence-corrected chi connectivity index (χ2v) is 39.9. The number of ether oxygens (including phenoxy) is 12. The summed E-state index contributed by atoms with van der Waals surface area (Å²) in [6.45, 7) is 46.0. The number of rotatable bonds is 20. The van der Waals surface area contributed by atoms with Gasteiger partial charge in [-0.1, -0.05) is 41.9 Å². The van der Waals surface area contributed by atoms with Crippen LogP contribution in [0.25, 0.3) is 65.4 Å². The second-order valence-electron chi connectivity index (χ2n) is 39.5. The van der Waals surface area contributed by atoms with Gasteiger partial charge in [-0.3, -0.25) is 56.2 Å². The van der Waals surface area contributed by atoms with E-state index in [-0.39, 0.29) is 45.1 Å². The highest BCUT2D eigenvalue weighted by molar-refractivity contribution is 6.36. The molecule has 1 aliphatic carbocycles. The number of hydrogen-bond acceptors (Lipinski definition) is 24. The van der Waals surface area contributed by atoms with Gasteiger partial charge in [-0.15, -0.1) is 0 Å². The van der Waals surface area contributed by atoms with Crippen LogP contribution in [0.5, 0.6) is 34.5 Å². The highest BCUT2D eigenvalue weighted by atomic mass is 35.5. The molecule has 141 heavy (non-hydrogen) atoms. The van der Waals surface area contributed by atoms with E-state index in [1.54, 1.807) is 149 Å². The van der Waals surface area contributed by atoms with Crippen molar-refractivity contribution in [1.82, 2.24) is 27.4 Å². The quantitative estimate of drug-likeness (QED) is 0.0505. The van der Waals surface area contributed by atoms with E-state index in [1.807, 2.05) is 133 Å². The molecule has 7 aromatic carbocycles. The van der Waals surface area contributed by atoms with E-state index in [0.717, 1.165) is 41.1 Å². The Morgan fingerprint density at radius 3 is 0.837 bits per heavy atom. The molecule has 0 saturated heterocycles. The van der Waals surface area contributed by atoms with Crippen LogP contribution in [0.2, 0.25) is 5.02 Å². The van der Waals surface area contributed by atoms with E-state index >= 15 is 0 Å². The molecule has 13 aromatic rings. The Hall–Kier alpha value is -14.4. The summed E-state index contributed by atoms with van der Waals surface area (Å²) in [7, 11) is 0. The summed E-state index contributed by atoms with van der Waals surface area (Å²) in [5.41, 5.74) is 6.43. The Morgan fingerprint density at radius 2 is 0.589 bits per heavy atom. The van der Waals surface area contributed by atoms with E-state index in [0.29, 0.717) is 148 Å². The van der Waals surface area contributed by atoms with Crippen LogP contribution in [0.3, 0.4) is 0 Å². The molecule has 0 bridgehead atoms. The number of halogens is 2. The molecule has 0 N–H and O–H groups in total. The number of aromatic nitrogens is 6. The van der Waals surface area contributed by atoms with Gasteiger partial charge in [-0.05, 0) is 306 Å². The first kappa shape index (κ1) is 104. The van der Waals surface area contributed by atoms with Gasteiger partial charge in [-0.2, -0.15) is 0 Å². The number of benzene rings is 7. The van der Waals surface area contributed by atoms with Gasteiger partial charge in [0.2, 0.25) is 6.36 Å². The van der Waals surface area contributed by atoms with Crippen LogP contribution in [-0.4, -0.2) is 167 Å². The number of nitrogens with zero attached hydrogens (tertiary/aromatic N) is 6. The molecule has 1 atom stereocenters. The normalized spacial score (nSPS) is 12.9. The third-order valence-corrected chi connectivity index (χ3v) is 20.8. The van der Waals surface area contributed by atoms with Crippen molar-refractivity contribution in [1.29, 1.82) is 0 Å². The van der Waals surface area contributed by atoms with Gasteiger partial charge < -0.3 is 56.8 Å². The molecule has 0 amide bonds. The van der Waals surface area contributed by atoms with Crippen LogP contribution in [0.4, 0.5) is 33.2 Å². The zero-order chi connectivity index (χ0) is 108. The summed E-state index contributed by atoms with van der Waals surface area (Å²) in [6.07, 6.45) is 11.1. The van der Waals surface area contributed by atoms with E-state index in [2.05, 4.69) is 0 Å². The minimum Gasteiger partial charge on any atom is -0.493 e. The minimum atomic E-state index is -1.98. The van der Waals surface area contributed by atoms with Crippen molar-refractivity contribution in [3.63, 3.8) is 0 Å². The third-order valence-electron chi connectivity index (χ3n) is 20.5. The maximum atomic E-state index is 13.1. The van der Waals surface area contributed by atoms with Crippen molar-refractivity contribution < 1.29 is 124 Å². The molecule has 14 rings (SSSR count). The average molecular weight is 1960 g/mol. The van der Waals surface area contributed by atoms with E-state index in [9.17, 15) is 61.9 Å². The van der Waals surface area contributed by atoms with Crippen LogP contribution >= 0.6 is 11.6 Å². The molecule has 30 nitrogen and oxygen atoms in total. The van der Waals surface area contributed by atoms with Crippen LogP contribution in [-0.2, 0) is 35.0 Å². The smallest absolute Gasteiger partial charge is 0.419 e. The van der Waals surface area contributed by atoms with Gasteiger partial charge in [0.05, 0.1) is 103 Å². The van der Waals surface area contributed by atoms with E-state index in [1.165, 1.54) is 91.7 Å². The first-order valence-corrected chi connectivity index (χ1v) is 45.9. The topological polar surface area (TPSA) is 345 Å². The molecule has 1 aliphatic rings. The molecular weight excluding hydrogens is 1830 g/mol. The Kier molecular flexibility index (Phi) is 33.7. The first-order valence-electron chi connectivity index (χ1n) is 47.6. The molecule has 1 unspecified atom stereocenters. The summed E-state index contributed by atoms with van der Waals surface area (Å²) in [6, 6.07) is 29.6. The van der Waals surface area contributed by atoms with Crippen molar-refractivity contribution in [2.24, 2.45) is 5.92 Å². The fourth-order valence-electron chi connectivity index (χ4n) is 14.9. The number of aryl methyl sites for hydroxylation is 5. The largest absolute Gasteiger partial charge is 0.493 e. The molecule has 6 aromatic heterocycles. The molecule has 752 valence electrons. The van der Waals surface area contributed by atoms with Crippen LogP contribution in [0, 0.1) is 40.5 Å². The van der Waals surface area contributed by atoms with E-state index in [4.69, 9.17) is 73.9 Å². The summed E-state index contributed by atoms with van der Waals surface area (Å²) in [5, 5.41) is 3.60. The highest BCUT2D eigenvalue weighted by Crippen LogP contribution is 2.41. The van der Waals surface area contributed by atoms with Crippen LogP contribution < -0.4 is 28.4 Å². The van der Waals surface area contributed by atoms with Gasteiger partial charge in [0, 0.05) is 82.5 Å². The molecule has 1 fully saturated rings. The lowest BCUT2D eigenvalue weighted by atomic mass is 10.1.